The lowest BCUT2D eigenvalue weighted by Gasteiger charge is -2.47. The third-order valence-electron chi connectivity index (χ3n) is 7.71. The number of nitrogens with one attached hydrogen (secondary N) is 2. The van der Waals surface area contributed by atoms with Crippen molar-refractivity contribution in [2.75, 3.05) is 13.2 Å². The van der Waals surface area contributed by atoms with Gasteiger partial charge in [-0.2, -0.15) is 0 Å². The minimum absolute atomic E-state index is 0.0342. The van der Waals surface area contributed by atoms with Gasteiger partial charge in [-0.15, -0.1) is 0 Å². The van der Waals surface area contributed by atoms with E-state index in [4.69, 9.17) is 16.3 Å². The van der Waals surface area contributed by atoms with Crippen LogP contribution in [0.3, 0.4) is 0 Å². The predicted molar refractivity (Wildman–Crippen MR) is 143 cm³/mol. The Morgan fingerprint density at radius 1 is 1.19 bits per heavy atom. The fourth-order valence-corrected chi connectivity index (χ4v) is 5.94. The predicted octanol–water partition coefficient (Wildman–Crippen LogP) is 4.51. The molecule has 8 heteroatoms. The number of ether oxygens (including phenoxy) is 1. The van der Waals surface area contributed by atoms with E-state index in [9.17, 15) is 14.4 Å². The Labute approximate surface area is 219 Å². The summed E-state index contributed by atoms with van der Waals surface area (Å²) in [5.41, 5.74) is 2.09. The van der Waals surface area contributed by atoms with Crippen LogP contribution >= 0.6 is 11.6 Å². The van der Waals surface area contributed by atoms with E-state index in [0.29, 0.717) is 28.8 Å². The van der Waals surface area contributed by atoms with E-state index >= 15 is 0 Å². The fourth-order valence-electron chi connectivity index (χ4n) is 5.71. The average Bonchev–Trinajstić information content (AvgIpc) is 2.81. The van der Waals surface area contributed by atoms with Crippen molar-refractivity contribution in [3.05, 3.63) is 56.0 Å². The smallest absolute Gasteiger partial charge is 0.308 e. The van der Waals surface area contributed by atoms with E-state index in [0.717, 1.165) is 43.5 Å². The standard InChI is InChI=1S/C28H40ClN3O4/c1-7-32(21-11-9-19(10-12-21)27(35)36-8-2)24-15-20(29)14-23(28(24,5)6)26(34)30-16-22-17(3)13-18(4)31-25(22)33/h13-15,19,21,24H,7-12,16H2,1-6H3,(H,30,34)(H,31,33). The molecule has 1 heterocycles. The van der Waals surface area contributed by atoms with Crippen LogP contribution in [0.4, 0.5) is 0 Å². The Balaban J connectivity index is 1.75. The van der Waals surface area contributed by atoms with Crippen LogP contribution in [0.2, 0.25) is 0 Å². The number of pyridine rings is 1. The molecule has 198 valence electrons. The summed E-state index contributed by atoms with van der Waals surface area (Å²) in [6.07, 6.45) is 7.18. The largest absolute Gasteiger partial charge is 0.466 e. The zero-order valence-corrected chi connectivity index (χ0v) is 23.1. The number of hydrogen-bond acceptors (Lipinski definition) is 5. The number of amides is 1. The molecule has 0 radical (unpaired) electrons. The van der Waals surface area contributed by atoms with E-state index in [1.165, 1.54) is 0 Å². The molecule has 1 fully saturated rings. The highest BCUT2D eigenvalue weighted by Gasteiger charge is 2.43. The van der Waals surface area contributed by atoms with Crippen molar-refractivity contribution in [3.8, 4) is 0 Å². The van der Waals surface area contributed by atoms with Gasteiger partial charge in [-0.05, 0) is 76.8 Å². The number of aromatic nitrogens is 1. The Morgan fingerprint density at radius 2 is 1.86 bits per heavy atom. The van der Waals surface area contributed by atoms with Crippen LogP contribution in [0.5, 0.6) is 0 Å². The number of aryl methyl sites for hydroxylation is 2. The van der Waals surface area contributed by atoms with Crippen molar-refractivity contribution in [2.24, 2.45) is 11.3 Å². The molecule has 0 spiro atoms. The van der Waals surface area contributed by atoms with Gasteiger partial charge in [0.25, 0.3) is 5.56 Å². The summed E-state index contributed by atoms with van der Waals surface area (Å²) in [7, 11) is 0. The second-order valence-corrected chi connectivity index (χ2v) is 10.9. The molecule has 0 aliphatic heterocycles. The van der Waals surface area contributed by atoms with E-state index < -0.39 is 5.41 Å². The van der Waals surface area contributed by atoms with Crippen molar-refractivity contribution in [1.29, 1.82) is 0 Å². The number of likely N-dealkylation sites (N-methyl/N-ethyl adjacent to an activating group) is 1. The lowest BCUT2D eigenvalue weighted by atomic mass is 9.72. The van der Waals surface area contributed by atoms with Gasteiger partial charge in [0.15, 0.2) is 0 Å². The molecule has 7 nitrogen and oxygen atoms in total. The highest BCUT2D eigenvalue weighted by Crippen LogP contribution is 2.42. The Hall–Kier alpha value is -2.38. The van der Waals surface area contributed by atoms with Gasteiger partial charge in [0.2, 0.25) is 5.91 Å². The van der Waals surface area contributed by atoms with Crippen molar-refractivity contribution < 1.29 is 14.3 Å². The monoisotopic (exact) mass is 517 g/mol. The van der Waals surface area contributed by atoms with Gasteiger partial charge in [0.1, 0.15) is 0 Å². The van der Waals surface area contributed by atoms with Crippen molar-refractivity contribution in [1.82, 2.24) is 15.2 Å². The molecule has 3 rings (SSSR count). The maximum absolute atomic E-state index is 13.4. The number of allylic oxidation sites excluding steroid dienone is 2. The van der Waals surface area contributed by atoms with Gasteiger partial charge in [-0.3, -0.25) is 19.3 Å². The number of carbonyl (C=O) groups is 2. The van der Waals surface area contributed by atoms with Crippen LogP contribution < -0.4 is 10.9 Å². The highest BCUT2D eigenvalue weighted by atomic mass is 35.5. The lowest BCUT2D eigenvalue weighted by molar-refractivity contribution is -0.149. The normalized spacial score (nSPS) is 23.6. The van der Waals surface area contributed by atoms with Gasteiger partial charge in [0.05, 0.1) is 12.5 Å². The molecule has 0 aromatic carbocycles. The molecule has 0 saturated heterocycles. The first-order chi connectivity index (χ1) is 17.0. The minimum Gasteiger partial charge on any atom is -0.466 e. The lowest BCUT2D eigenvalue weighted by Crippen LogP contribution is -2.53. The van der Waals surface area contributed by atoms with Crippen molar-refractivity contribution in [2.45, 2.75) is 85.9 Å². The summed E-state index contributed by atoms with van der Waals surface area (Å²) in [4.78, 5) is 43.2. The Morgan fingerprint density at radius 3 is 2.44 bits per heavy atom. The SMILES string of the molecule is CCOC(=O)C1CCC(N(CC)C2C=C(Cl)C=C(C(=O)NCc3c(C)cc(C)[nH]c3=O)C2(C)C)CC1. The molecule has 36 heavy (non-hydrogen) atoms. The van der Waals surface area contributed by atoms with Crippen LogP contribution in [0.25, 0.3) is 0 Å². The first-order valence-electron chi connectivity index (χ1n) is 13.0. The molecule has 2 aliphatic carbocycles. The fraction of sp³-hybridized carbons (Fsp3) is 0.607. The van der Waals surface area contributed by atoms with Crippen LogP contribution in [0.1, 0.15) is 70.2 Å². The molecular weight excluding hydrogens is 478 g/mol. The third-order valence-corrected chi connectivity index (χ3v) is 7.94. The van der Waals surface area contributed by atoms with E-state index in [2.05, 4.69) is 36.0 Å². The molecular formula is C28H40ClN3O4. The van der Waals surface area contributed by atoms with Crippen molar-refractivity contribution in [3.63, 3.8) is 0 Å². The highest BCUT2D eigenvalue weighted by molar-refractivity contribution is 6.31. The number of halogens is 1. The molecule has 2 N–H and O–H groups in total. The molecule has 1 aromatic rings. The summed E-state index contributed by atoms with van der Waals surface area (Å²) < 4.78 is 5.23. The van der Waals surface area contributed by atoms with Gasteiger partial charge < -0.3 is 15.0 Å². The van der Waals surface area contributed by atoms with Gasteiger partial charge >= 0.3 is 5.97 Å². The number of esters is 1. The number of aromatic amines is 1. The Bertz CT molecular complexity index is 1100. The Kier molecular flexibility index (Phi) is 9.23. The number of hydrogen-bond donors (Lipinski definition) is 2. The zero-order valence-electron chi connectivity index (χ0n) is 22.4. The summed E-state index contributed by atoms with van der Waals surface area (Å²) in [6, 6.07) is 2.12. The number of nitrogens with zero attached hydrogens (tertiary/aromatic N) is 1. The molecule has 0 bridgehead atoms. The molecule has 1 saturated carbocycles. The quantitative estimate of drug-likeness (QED) is 0.495. The molecule has 1 amide bonds. The summed E-state index contributed by atoms with van der Waals surface area (Å²) in [5.74, 6) is -0.352. The van der Waals surface area contributed by atoms with Crippen LogP contribution in [0.15, 0.2) is 33.6 Å². The molecule has 1 unspecified atom stereocenters. The second kappa shape index (κ2) is 11.8. The van der Waals surface area contributed by atoms with Gasteiger partial charge in [-0.25, -0.2) is 0 Å². The van der Waals surface area contributed by atoms with Crippen LogP contribution in [-0.4, -0.2) is 47.0 Å². The number of H-pyrrole nitrogens is 1. The minimum atomic E-state index is -0.509. The van der Waals surface area contributed by atoms with E-state index in [-0.39, 0.29) is 35.9 Å². The second-order valence-electron chi connectivity index (χ2n) is 10.5. The maximum Gasteiger partial charge on any atom is 0.308 e. The zero-order chi connectivity index (χ0) is 26.6. The molecule has 1 aromatic heterocycles. The van der Waals surface area contributed by atoms with Crippen molar-refractivity contribution >= 4 is 23.5 Å². The summed E-state index contributed by atoms with van der Waals surface area (Å²) >= 11 is 6.56. The maximum atomic E-state index is 13.4. The van der Waals surface area contributed by atoms with Gasteiger partial charge in [0, 0.05) is 45.9 Å². The van der Waals surface area contributed by atoms with Crippen LogP contribution in [-0.2, 0) is 20.9 Å². The van der Waals surface area contributed by atoms with Crippen LogP contribution in [0, 0.1) is 25.2 Å². The molecule has 2 aliphatic rings. The summed E-state index contributed by atoms with van der Waals surface area (Å²) in [6.45, 7) is 13.2. The van der Waals surface area contributed by atoms with E-state index in [1.807, 2.05) is 32.9 Å². The first-order valence-corrected chi connectivity index (χ1v) is 13.4. The third kappa shape index (κ3) is 6.12. The first kappa shape index (κ1) is 28.2. The number of rotatable bonds is 8. The van der Waals surface area contributed by atoms with E-state index in [1.54, 1.807) is 6.08 Å². The number of carbonyl (C=O) groups excluding carboxylic acids is 2. The molecule has 1 atom stereocenters. The topological polar surface area (TPSA) is 91.5 Å². The summed E-state index contributed by atoms with van der Waals surface area (Å²) in [5, 5.41) is 3.48. The average molecular weight is 518 g/mol. The van der Waals surface area contributed by atoms with Gasteiger partial charge in [-0.1, -0.05) is 32.4 Å².